The third-order valence-corrected chi connectivity index (χ3v) is 1.90. The van der Waals surface area contributed by atoms with E-state index >= 15 is 0 Å². The zero-order valence-corrected chi connectivity index (χ0v) is 8.43. The third kappa shape index (κ3) is 2.60. The van der Waals surface area contributed by atoms with Crippen LogP contribution >= 0.6 is 0 Å². The van der Waals surface area contributed by atoms with Gasteiger partial charge in [0.1, 0.15) is 6.54 Å². The van der Waals surface area contributed by atoms with Gasteiger partial charge in [-0.25, -0.2) is 0 Å². The molecule has 0 aliphatic carbocycles. The molecule has 0 saturated heterocycles. The Hall–Kier alpha value is -1.29. The summed E-state index contributed by atoms with van der Waals surface area (Å²) < 4.78 is 6.49. The fraction of sp³-hybridized carbons (Fsp3) is 0.500. The third-order valence-electron chi connectivity index (χ3n) is 1.90. The first kappa shape index (κ1) is 10.8. The summed E-state index contributed by atoms with van der Waals surface area (Å²) in [7, 11) is 0. The average Bonchev–Trinajstić information content (AvgIpc) is 2.52. The van der Waals surface area contributed by atoms with E-state index in [9.17, 15) is 9.90 Å². The second kappa shape index (κ2) is 4.81. The molecule has 14 heavy (non-hydrogen) atoms. The van der Waals surface area contributed by atoms with E-state index in [1.807, 2.05) is 0 Å². The number of aliphatic hydroxyl groups excluding tert-OH is 1. The van der Waals surface area contributed by atoms with Crippen molar-refractivity contribution in [1.29, 1.82) is 0 Å². The molecule has 1 rings (SSSR count). The molecular formula is C10H15NO3. The molecule has 4 nitrogen and oxygen atoms in total. The van der Waals surface area contributed by atoms with Crippen LogP contribution in [0.5, 0.6) is 0 Å². The predicted molar refractivity (Wildman–Crippen MR) is 51.7 cm³/mol. The zero-order valence-electron chi connectivity index (χ0n) is 8.43. The summed E-state index contributed by atoms with van der Waals surface area (Å²) in [5, 5.41) is 9.36. The quantitative estimate of drug-likeness (QED) is 0.735. The largest absolute Gasteiger partial charge is 0.465 e. The Morgan fingerprint density at radius 3 is 3.00 bits per heavy atom. The number of carbonyl (C=O) groups is 1. The number of aromatic nitrogens is 1. The van der Waals surface area contributed by atoms with Crippen molar-refractivity contribution in [2.24, 2.45) is 0 Å². The Morgan fingerprint density at radius 1 is 1.71 bits per heavy atom. The van der Waals surface area contributed by atoms with Crippen LogP contribution in [0.3, 0.4) is 0 Å². The Balaban J connectivity index is 2.66. The van der Waals surface area contributed by atoms with Gasteiger partial charge in [0.15, 0.2) is 0 Å². The van der Waals surface area contributed by atoms with Gasteiger partial charge in [-0.2, -0.15) is 0 Å². The lowest BCUT2D eigenvalue weighted by Crippen LogP contribution is -2.15. The van der Waals surface area contributed by atoms with Crippen molar-refractivity contribution in [3.63, 3.8) is 0 Å². The molecule has 78 valence electrons. The summed E-state index contributed by atoms with van der Waals surface area (Å²) in [5.74, 6) is -0.286. The maximum absolute atomic E-state index is 11.2. The highest BCUT2D eigenvalue weighted by Crippen LogP contribution is 2.12. The van der Waals surface area contributed by atoms with Gasteiger partial charge < -0.3 is 14.4 Å². The van der Waals surface area contributed by atoms with Crippen LogP contribution in [0.15, 0.2) is 18.3 Å². The van der Waals surface area contributed by atoms with Crippen LogP contribution in [-0.2, 0) is 16.1 Å². The van der Waals surface area contributed by atoms with Gasteiger partial charge in [-0.05, 0) is 26.0 Å². The van der Waals surface area contributed by atoms with E-state index in [0.29, 0.717) is 6.61 Å². The van der Waals surface area contributed by atoms with E-state index in [1.54, 1.807) is 36.7 Å². The fourth-order valence-electron chi connectivity index (χ4n) is 1.30. The predicted octanol–water partition coefficient (Wildman–Crippen LogP) is 1.10. The van der Waals surface area contributed by atoms with E-state index in [0.717, 1.165) is 5.69 Å². The highest BCUT2D eigenvalue weighted by atomic mass is 16.5. The number of hydrogen-bond acceptors (Lipinski definition) is 3. The minimum atomic E-state index is -0.570. The molecule has 0 fully saturated rings. The van der Waals surface area contributed by atoms with Gasteiger partial charge in [-0.1, -0.05) is 0 Å². The Labute approximate surface area is 83.1 Å². The smallest absolute Gasteiger partial charge is 0.325 e. The SMILES string of the molecule is CCOC(=O)Cn1cccc1C(C)O. The Kier molecular flexibility index (Phi) is 3.71. The molecule has 0 saturated carbocycles. The van der Waals surface area contributed by atoms with Crippen molar-refractivity contribution in [2.45, 2.75) is 26.5 Å². The number of carbonyl (C=O) groups excluding carboxylic acids is 1. The molecule has 0 bridgehead atoms. The summed E-state index contributed by atoms with van der Waals surface area (Å²) in [6.45, 7) is 3.96. The number of rotatable bonds is 4. The molecule has 0 radical (unpaired) electrons. The first-order valence-electron chi connectivity index (χ1n) is 4.64. The molecule has 1 unspecified atom stereocenters. The minimum Gasteiger partial charge on any atom is -0.465 e. The van der Waals surface area contributed by atoms with Crippen molar-refractivity contribution >= 4 is 5.97 Å². The monoisotopic (exact) mass is 197 g/mol. The standard InChI is InChI=1S/C10H15NO3/c1-3-14-10(13)7-11-6-4-5-9(11)8(2)12/h4-6,8,12H,3,7H2,1-2H3. The van der Waals surface area contributed by atoms with Gasteiger partial charge in [0.05, 0.1) is 12.7 Å². The zero-order chi connectivity index (χ0) is 10.6. The van der Waals surface area contributed by atoms with E-state index in [2.05, 4.69) is 0 Å². The molecule has 1 aromatic rings. The van der Waals surface area contributed by atoms with Gasteiger partial charge in [0, 0.05) is 11.9 Å². The molecule has 1 heterocycles. The molecule has 4 heteroatoms. The maximum atomic E-state index is 11.2. The van der Waals surface area contributed by atoms with E-state index in [-0.39, 0.29) is 12.5 Å². The van der Waals surface area contributed by atoms with Crippen LogP contribution < -0.4 is 0 Å². The Morgan fingerprint density at radius 2 is 2.43 bits per heavy atom. The summed E-state index contributed by atoms with van der Waals surface area (Å²) in [6.07, 6.45) is 1.18. The van der Waals surface area contributed by atoms with Crippen LogP contribution in [0, 0.1) is 0 Å². The molecule has 0 aliphatic rings. The highest BCUT2D eigenvalue weighted by Gasteiger charge is 2.09. The van der Waals surface area contributed by atoms with Gasteiger partial charge in [-0.3, -0.25) is 4.79 Å². The summed E-state index contributed by atoms with van der Waals surface area (Å²) in [5.41, 5.74) is 0.720. The number of nitrogens with zero attached hydrogens (tertiary/aromatic N) is 1. The summed E-state index contributed by atoms with van der Waals surface area (Å²) in [6, 6.07) is 3.57. The van der Waals surface area contributed by atoms with Crippen molar-refractivity contribution in [1.82, 2.24) is 4.57 Å². The summed E-state index contributed by atoms with van der Waals surface area (Å²) in [4.78, 5) is 11.2. The number of hydrogen-bond donors (Lipinski definition) is 1. The maximum Gasteiger partial charge on any atom is 0.325 e. The Bertz CT molecular complexity index is 304. The summed E-state index contributed by atoms with van der Waals surface area (Å²) >= 11 is 0. The molecule has 0 spiro atoms. The first-order chi connectivity index (χ1) is 6.65. The minimum absolute atomic E-state index is 0.154. The second-order valence-corrected chi connectivity index (χ2v) is 3.04. The van der Waals surface area contributed by atoms with Crippen LogP contribution in [0.4, 0.5) is 0 Å². The molecular weight excluding hydrogens is 182 g/mol. The molecule has 0 aliphatic heterocycles. The van der Waals surface area contributed by atoms with E-state index in [4.69, 9.17) is 4.74 Å². The van der Waals surface area contributed by atoms with E-state index in [1.165, 1.54) is 0 Å². The van der Waals surface area contributed by atoms with Crippen LogP contribution in [-0.4, -0.2) is 22.2 Å². The lowest BCUT2D eigenvalue weighted by Gasteiger charge is -2.10. The topological polar surface area (TPSA) is 51.5 Å². The molecule has 1 aromatic heterocycles. The van der Waals surface area contributed by atoms with Crippen LogP contribution in [0.25, 0.3) is 0 Å². The van der Waals surface area contributed by atoms with Crippen molar-refractivity contribution in [3.8, 4) is 0 Å². The second-order valence-electron chi connectivity index (χ2n) is 3.04. The van der Waals surface area contributed by atoms with Crippen LogP contribution in [0.2, 0.25) is 0 Å². The fourth-order valence-corrected chi connectivity index (χ4v) is 1.30. The number of esters is 1. The van der Waals surface area contributed by atoms with Crippen molar-refractivity contribution in [3.05, 3.63) is 24.0 Å². The van der Waals surface area contributed by atoms with Crippen molar-refractivity contribution in [2.75, 3.05) is 6.61 Å². The van der Waals surface area contributed by atoms with Crippen LogP contribution in [0.1, 0.15) is 25.6 Å². The lowest BCUT2D eigenvalue weighted by molar-refractivity contribution is -0.143. The number of ether oxygens (including phenoxy) is 1. The first-order valence-corrected chi connectivity index (χ1v) is 4.64. The lowest BCUT2D eigenvalue weighted by atomic mass is 10.3. The molecule has 0 amide bonds. The molecule has 0 aromatic carbocycles. The van der Waals surface area contributed by atoms with E-state index < -0.39 is 6.10 Å². The average molecular weight is 197 g/mol. The molecule has 1 N–H and O–H groups in total. The van der Waals surface area contributed by atoms with Gasteiger partial charge in [0.2, 0.25) is 0 Å². The van der Waals surface area contributed by atoms with Gasteiger partial charge in [0.25, 0.3) is 0 Å². The van der Waals surface area contributed by atoms with Gasteiger partial charge in [-0.15, -0.1) is 0 Å². The molecule has 1 atom stereocenters. The highest BCUT2D eigenvalue weighted by molar-refractivity contribution is 5.69. The normalized spacial score (nSPS) is 12.5. The number of aliphatic hydroxyl groups is 1. The van der Waals surface area contributed by atoms with Gasteiger partial charge >= 0.3 is 5.97 Å². The van der Waals surface area contributed by atoms with Crippen molar-refractivity contribution < 1.29 is 14.6 Å².